The highest BCUT2D eigenvalue weighted by Crippen LogP contribution is 2.28. The summed E-state index contributed by atoms with van der Waals surface area (Å²) in [4.78, 5) is 38.6. The SMILES string of the molecule is O=C(Cc1cccc2ccccc12)NCC(=O)NNC(=O)c1cc2c(s1)CCCCC2. The number of hydrogen-bond acceptors (Lipinski definition) is 4. The first kappa shape index (κ1) is 21.1. The number of carbonyl (C=O) groups excluding carboxylic acids is 3. The van der Waals surface area contributed by atoms with Gasteiger partial charge in [-0.15, -0.1) is 11.3 Å². The first-order valence-corrected chi connectivity index (χ1v) is 11.4. The highest BCUT2D eigenvalue weighted by Gasteiger charge is 2.17. The maximum atomic E-state index is 12.4. The average molecular weight is 436 g/mol. The first-order chi connectivity index (χ1) is 15.1. The number of hydrazine groups is 1. The Bertz CT molecular complexity index is 1090. The molecule has 160 valence electrons. The molecular formula is C24H25N3O3S. The second-order valence-electron chi connectivity index (χ2n) is 7.71. The average Bonchev–Trinajstić information content (AvgIpc) is 3.07. The van der Waals surface area contributed by atoms with Crippen LogP contribution >= 0.6 is 11.3 Å². The zero-order chi connectivity index (χ0) is 21.6. The topological polar surface area (TPSA) is 87.3 Å². The standard InChI is InChI=1S/C24H25N3O3S/c28-22(14-17-10-6-9-16-7-4-5-11-19(16)17)25-15-23(29)26-27-24(30)21-13-18-8-2-1-3-12-20(18)31-21/h4-7,9-11,13H,1-3,8,12,14-15H2,(H,25,28)(H,26,29)(H,27,30). The van der Waals surface area contributed by atoms with Gasteiger partial charge < -0.3 is 5.32 Å². The molecule has 0 aliphatic heterocycles. The molecule has 0 fully saturated rings. The van der Waals surface area contributed by atoms with Gasteiger partial charge in [-0.25, -0.2) is 0 Å². The predicted molar refractivity (Wildman–Crippen MR) is 122 cm³/mol. The van der Waals surface area contributed by atoms with Crippen LogP contribution in [0.2, 0.25) is 0 Å². The predicted octanol–water partition coefficient (Wildman–Crippen LogP) is 3.29. The summed E-state index contributed by atoms with van der Waals surface area (Å²) in [5.41, 5.74) is 6.97. The lowest BCUT2D eigenvalue weighted by Crippen LogP contribution is -2.46. The number of aryl methyl sites for hydroxylation is 2. The van der Waals surface area contributed by atoms with Gasteiger partial charge >= 0.3 is 0 Å². The smallest absolute Gasteiger partial charge is 0.279 e. The third-order valence-corrected chi connectivity index (χ3v) is 6.70. The summed E-state index contributed by atoms with van der Waals surface area (Å²) in [6, 6.07) is 15.6. The lowest BCUT2D eigenvalue weighted by molar-refractivity contribution is -0.126. The minimum atomic E-state index is -0.474. The molecule has 1 heterocycles. The number of thiophene rings is 1. The van der Waals surface area contributed by atoms with E-state index in [1.54, 1.807) is 0 Å². The summed E-state index contributed by atoms with van der Waals surface area (Å²) in [7, 11) is 0. The fraction of sp³-hybridized carbons (Fsp3) is 0.292. The fourth-order valence-corrected chi connectivity index (χ4v) is 5.02. The fourth-order valence-electron chi connectivity index (χ4n) is 3.87. The van der Waals surface area contributed by atoms with Gasteiger partial charge in [-0.1, -0.05) is 48.9 Å². The van der Waals surface area contributed by atoms with Crippen LogP contribution in [-0.4, -0.2) is 24.3 Å². The van der Waals surface area contributed by atoms with E-state index in [2.05, 4.69) is 16.2 Å². The second-order valence-corrected chi connectivity index (χ2v) is 8.85. The first-order valence-electron chi connectivity index (χ1n) is 10.5. The zero-order valence-corrected chi connectivity index (χ0v) is 18.0. The monoisotopic (exact) mass is 435 g/mol. The van der Waals surface area contributed by atoms with E-state index in [-0.39, 0.29) is 24.8 Å². The third kappa shape index (κ3) is 5.30. The maximum absolute atomic E-state index is 12.4. The quantitative estimate of drug-likeness (QED) is 0.425. The molecular weight excluding hydrogens is 410 g/mol. The van der Waals surface area contributed by atoms with Crippen LogP contribution in [0.15, 0.2) is 48.5 Å². The molecule has 3 aromatic rings. The van der Waals surface area contributed by atoms with Gasteiger partial charge in [0.2, 0.25) is 5.91 Å². The van der Waals surface area contributed by atoms with Crippen molar-refractivity contribution in [3.05, 3.63) is 69.4 Å². The summed E-state index contributed by atoms with van der Waals surface area (Å²) < 4.78 is 0. The molecule has 0 bridgehead atoms. The van der Waals surface area contributed by atoms with Crippen LogP contribution in [0, 0.1) is 0 Å². The van der Waals surface area contributed by atoms with E-state index < -0.39 is 5.91 Å². The van der Waals surface area contributed by atoms with Crippen molar-refractivity contribution >= 4 is 39.8 Å². The van der Waals surface area contributed by atoms with Gasteiger partial charge in [-0.3, -0.25) is 25.2 Å². The molecule has 0 spiro atoms. The van der Waals surface area contributed by atoms with Crippen molar-refractivity contribution < 1.29 is 14.4 Å². The highest BCUT2D eigenvalue weighted by atomic mass is 32.1. The van der Waals surface area contributed by atoms with E-state index in [4.69, 9.17) is 0 Å². The van der Waals surface area contributed by atoms with Crippen LogP contribution in [0.25, 0.3) is 10.8 Å². The van der Waals surface area contributed by atoms with Crippen molar-refractivity contribution in [2.45, 2.75) is 38.5 Å². The molecule has 1 aliphatic carbocycles. The van der Waals surface area contributed by atoms with Gasteiger partial charge in [0.05, 0.1) is 17.8 Å². The van der Waals surface area contributed by atoms with Crippen molar-refractivity contribution in [3.63, 3.8) is 0 Å². The molecule has 31 heavy (non-hydrogen) atoms. The summed E-state index contributed by atoms with van der Waals surface area (Å²) >= 11 is 1.50. The van der Waals surface area contributed by atoms with Gasteiger partial charge in [-0.05, 0) is 53.6 Å². The Kier molecular flexibility index (Phi) is 6.62. The number of nitrogens with one attached hydrogen (secondary N) is 3. The Balaban J connectivity index is 1.24. The molecule has 4 rings (SSSR count). The molecule has 0 radical (unpaired) electrons. The molecule has 3 amide bonds. The molecule has 0 atom stereocenters. The van der Waals surface area contributed by atoms with Crippen molar-refractivity contribution in [2.24, 2.45) is 0 Å². The maximum Gasteiger partial charge on any atom is 0.279 e. The van der Waals surface area contributed by atoms with Gasteiger partial charge in [0, 0.05) is 4.88 Å². The zero-order valence-electron chi connectivity index (χ0n) is 17.2. The largest absolute Gasteiger partial charge is 0.347 e. The van der Waals surface area contributed by atoms with Crippen LogP contribution in [0.1, 0.15) is 44.9 Å². The minimum absolute atomic E-state index is 0.182. The van der Waals surface area contributed by atoms with Crippen LogP contribution in [-0.2, 0) is 28.9 Å². The Morgan fingerprint density at radius 1 is 0.871 bits per heavy atom. The summed E-state index contributed by atoms with van der Waals surface area (Å²) in [5.74, 6) is -1.05. The van der Waals surface area contributed by atoms with Crippen LogP contribution in [0.3, 0.4) is 0 Å². The Morgan fingerprint density at radius 3 is 2.58 bits per heavy atom. The molecule has 2 aromatic carbocycles. The summed E-state index contributed by atoms with van der Waals surface area (Å²) in [5, 5.41) is 4.69. The van der Waals surface area contributed by atoms with E-state index in [1.807, 2.05) is 48.5 Å². The van der Waals surface area contributed by atoms with Gasteiger partial charge in [0.25, 0.3) is 11.8 Å². The molecule has 0 unspecified atom stereocenters. The lowest BCUT2D eigenvalue weighted by atomic mass is 10.0. The number of carbonyl (C=O) groups is 3. The number of hydrogen-bond donors (Lipinski definition) is 3. The summed E-state index contributed by atoms with van der Waals surface area (Å²) in [6.07, 6.45) is 5.74. The molecule has 3 N–H and O–H groups in total. The normalized spacial score (nSPS) is 13.2. The van der Waals surface area contributed by atoms with Crippen molar-refractivity contribution in [3.8, 4) is 0 Å². The third-order valence-electron chi connectivity index (χ3n) is 5.46. The number of benzene rings is 2. The second kappa shape index (κ2) is 9.75. The molecule has 0 saturated carbocycles. The van der Waals surface area contributed by atoms with Crippen molar-refractivity contribution in [1.29, 1.82) is 0 Å². The molecule has 1 aromatic heterocycles. The number of fused-ring (bicyclic) bond motifs is 2. The number of amides is 3. The van der Waals surface area contributed by atoms with Crippen LogP contribution in [0.5, 0.6) is 0 Å². The molecule has 1 aliphatic rings. The minimum Gasteiger partial charge on any atom is -0.347 e. The molecule has 0 saturated heterocycles. The van der Waals surface area contributed by atoms with Crippen molar-refractivity contribution in [2.75, 3.05) is 6.54 Å². The van der Waals surface area contributed by atoms with E-state index in [0.29, 0.717) is 4.88 Å². The van der Waals surface area contributed by atoms with E-state index in [9.17, 15) is 14.4 Å². The summed E-state index contributed by atoms with van der Waals surface area (Å²) in [6.45, 7) is -0.204. The molecule has 6 nitrogen and oxygen atoms in total. The Labute approximate surface area is 185 Å². The van der Waals surface area contributed by atoms with E-state index >= 15 is 0 Å². The van der Waals surface area contributed by atoms with Gasteiger partial charge in [0.1, 0.15) is 0 Å². The van der Waals surface area contributed by atoms with Gasteiger partial charge in [0.15, 0.2) is 0 Å². The Hall–Kier alpha value is -3.19. The van der Waals surface area contributed by atoms with Crippen molar-refractivity contribution in [1.82, 2.24) is 16.2 Å². The molecule has 7 heteroatoms. The van der Waals surface area contributed by atoms with Gasteiger partial charge in [-0.2, -0.15) is 0 Å². The van der Waals surface area contributed by atoms with E-state index in [1.165, 1.54) is 28.2 Å². The highest BCUT2D eigenvalue weighted by molar-refractivity contribution is 7.14. The Morgan fingerprint density at radius 2 is 1.68 bits per heavy atom. The van der Waals surface area contributed by atoms with Crippen LogP contribution < -0.4 is 16.2 Å². The van der Waals surface area contributed by atoms with E-state index in [0.717, 1.165) is 42.0 Å². The lowest BCUT2D eigenvalue weighted by Gasteiger charge is -2.09. The number of rotatable bonds is 5. The van der Waals surface area contributed by atoms with Crippen LogP contribution in [0.4, 0.5) is 0 Å².